The van der Waals surface area contributed by atoms with Crippen LogP contribution in [0.1, 0.15) is 17.4 Å². The molecule has 0 unspecified atom stereocenters. The molecule has 1 aromatic carbocycles. The van der Waals surface area contributed by atoms with E-state index >= 15 is 0 Å². The van der Waals surface area contributed by atoms with E-state index in [0.29, 0.717) is 62.5 Å². The molecule has 1 fully saturated rings. The van der Waals surface area contributed by atoms with Crippen molar-refractivity contribution in [1.29, 1.82) is 0 Å². The maximum atomic E-state index is 12.7. The maximum absolute atomic E-state index is 12.7. The van der Waals surface area contributed by atoms with Crippen molar-refractivity contribution in [2.24, 2.45) is 0 Å². The molecule has 4 rings (SSSR count). The summed E-state index contributed by atoms with van der Waals surface area (Å²) >= 11 is 0. The van der Waals surface area contributed by atoms with Crippen molar-refractivity contribution in [3.8, 4) is 11.5 Å². The summed E-state index contributed by atoms with van der Waals surface area (Å²) in [6, 6.07) is 7.06. The Bertz CT molecular complexity index is 896. The number of nitrogens with one attached hydrogen (secondary N) is 1. The molecule has 146 valence electrons. The van der Waals surface area contributed by atoms with Gasteiger partial charge in [0.1, 0.15) is 18.9 Å². The lowest BCUT2D eigenvalue weighted by Crippen LogP contribution is -2.50. The molecule has 1 aromatic heterocycles. The van der Waals surface area contributed by atoms with Crippen LogP contribution in [0.4, 0.5) is 11.6 Å². The van der Waals surface area contributed by atoms with Crippen LogP contribution in [0, 0.1) is 0 Å². The summed E-state index contributed by atoms with van der Waals surface area (Å²) in [5.74, 6) is 1.54. The first-order valence-corrected chi connectivity index (χ1v) is 9.15. The minimum absolute atomic E-state index is 0.0278. The van der Waals surface area contributed by atoms with E-state index in [1.54, 1.807) is 22.1 Å². The Balaban J connectivity index is 1.44. The predicted octanol–water partition coefficient (Wildman–Crippen LogP) is 1.30. The summed E-state index contributed by atoms with van der Waals surface area (Å²) in [7, 11) is 0. The summed E-state index contributed by atoms with van der Waals surface area (Å²) in [5, 5.41) is 3.09. The summed E-state index contributed by atoms with van der Waals surface area (Å²) in [6.07, 6.45) is 1.55. The number of hydrogen-bond donors (Lipinski definition) is 1. The first-order chi connectivity index (χ1) is 13.6. The van der Waals surface area contributed by atoms with Crippen molar-refractivity contribution in [3.05, 3.63) is 36.2 Å². The Hall–Kier alpha value is -3.36. The number of ether oxygens (including phenoxy) is 2. The summed E-state index contributed by atoms with van der Waals surface area (Å²) in [5.41, 5.74) is 1.05. The minimum atomic E-state index is -0.171. The van der Waals surface area contributed by atoms with Gasteiger partial charge in [0, 0.05) is 51.1 Å². The van der Waals surface area contributed by atoms with Crippen LogP contribution in [0.3, 0.4) is 0 Å². The van der Waals surface area contributed by atoms with Gasteiger partial charge in [-0.15, -0.1) is 0 Å². The quantitative estimate of drug-likeness (QED) is 0.853. The zero-order chi connectivity index (χ0) is 19.5. The monoisotopic (exact) mass is 383 g/mol. The average molecular weight is 383 g/mol. The second-order valence-corrected chi connectivity index (χ2v) is 6.55. The molecule has 0 aliphatic carbocycles. The van der Waals surface area contributed by atoms with Crippen LogP contribution < -0.4 is 14.8 Å². The van der Waals surface area contributed by atoms with Crippen molar-refractivity contribution in [1.82, 2.24) is 19.8 Å². The van der Waals surface area contributed by atoms with E-state index in [4.69, 9.17) is 9.47 Å². The summed E-state index contributed by atoms with van der Waals surface area (Å²) in [6.45, 7) is 4.64. The smallest absolute Gasteiger partial charge is 0.272 e. The van der Waals surface area contributed by atoms with Crippen molar-refractivity contribution in [3.63, 3.8) is 0 Å². The molecule has 2 amide bonds. The topological polar surface area (TPSA) is 96.9 Å². The molecule has 0 saturated carbocycles. The largest absolute Gasteiger partial charge is 0.486 e. The van der Waals surface area contributed by atoms with Gasteiger partial charge in [0.15, 0.2) is 11.5 Å². The highest BCUT2D eigenvalue weighted by Gasteiger charge is 2.24. The standard InChI is InChI=1S/C19H21N5O4/c1-13(25)23-6-8-24(9-7-23)18(26)15-4-5-20-19(22-15)21-14-2-3-16-17(12-14)28-11-10-27-16/h2-5,12H,6-11H2,1H3,(H,20,21,22). The SMILES string of the molecule is CC(=O)N1CCN(C(=O)c2ccnc(Nc3ccc4c(c3)OCCO4)n2)CC1. The fourth-order valence-electron chi connectivity index (χ4n) is 3.17. The van der Waals surface area contributed by atoms with Crippen molar-refractivity contribution < 1.29 is 19.1 Å². The Morgan fingerprint density at radius 3 is 2.46 bits per heavy atom. The average Bonchev–Trinajstić information content (AvgIpc) is 2.73. The van der Waals surface area contributed by atoms with E-state index in [1.807, 2.05) is 18.2 Å². The van der Waals surface area contributed by atoms with Crippen LogP contribution in [0.5, 0.6) is 11.5 Å². The lowest BCUT2D eigenvalue weighted by Gasteiger charge is -2.34. The Kier molecular flexibility index (Phi) is 4.96. The summed E-state index contributed by atoms with van der Waals surface area (Å²) < 4.78 is 11.1. The fourth-order valence-corrected chi connectivity index (χ4v) is 3.17. The molecule has 0 bridgehead atoms. The van der Waals surface area contributed by atoms with Crippen LogP contribution in [0.15, 0.2) is 30.5 Å². The van der Waals surface area contributed by atoms with Gasteiger partial charge in [0.2, 0.25) is 11.9 Å². The maximum Gasteiger partial charge on any atom is 0.272 e. The molecule has 28 heavy (non-hydrogen) atoms. The highest BCUT2D eigenvalue weighted by atomic mass is 16.6. The number of benzene rings is 1. The van der Waals surface area contributed by atoms with E-state index in [9.17, 15) is 9.59 Å². The van der Waals surface area contributed by atoms with E-state index in [-0.39, 0.29) is 11.8 Å². The normalized spacial score (nSPS) is 15.9. The fraction of sp³-hybridized carbons (Fsp3) is 0.368. The molecule has 0 atom stereocenters. The van der Waals surface area contributed by atoms with Crippen molar-refractivity contribution in [2.75, 3.05) is 44.7 Å². The van der Waals surface area contributed by atoms with Crippen LogP contribution in [0.25, 0.3) is 0 Å². The van der Waals surface area contributed by atoms with E-state index in [2.05, 4.69) is 15.3 Å². The van der Waals surface area contributed by atoms with Gasteiger partial charge in [-0.3, -0.25) is 9.59 Å². The number of carbonyl (C=O) groups is 2. The molecule has 9 nitrogen and oxygen atoms in total. The number of hydrogen-bond acceptors (Lipinski definition) is 7. The third-order valence-electron chi connectivity index (χ3n) is 4.69. The van der Waals surface area contributed by atoms with E-state index in [1.165, 1.54) is 6.92 Å². The van der Waals surface area contributed by atoms with Crippen molar-refractivity contribution >= 4 is 23.5 Å². The molecule has 3 heterocycles. The van der Waals surface area contributed by atoms with Gasteiger partial charge >= 0.3 is 0 Å². The van der Waals surface area contributed by atoms with Gasteiger partial charge in [-0.1, -0.05) is 0 Å². The molecule has 2 aliphatic heterocycles. The predicted molar refractivity (Wildman–Crippen MR) is 101 cm³/mol. The first-order valence-electron chi connectivity index (χ1n) is 9.15. The van der Waals surface area contributed by atoms with Gasteiger partial charge < -0.3 is 24.6 Å². The van der Waals surface area contributed by atoms with Crippen molar-refractivity contribution in [2.45, 2.75) is 6.92 Å². The zero-order valence-electron chi connectivity index (χ0n) is 15.6. The third-order valence-corrected chi connectivity index (χ3v) is 4.69. The lowest BCUT2D eigenvalue weighted by atomic mass is 10.2. The number of carbonyl (C=O) groups excluding carboxylic acids is 2. The van der Waals surface area contributed by atoms with Gasteiger partial charge in [-0.05, 0) is 18.2 Å². The molecule has 0 radical (unpaired) electrons. The Morgan fingerprint density at radius 2 is 1.71 bits per heavy atom. The third kappa shape index (κ3) is 3.83. The number of piperazine rings is 1. The zero-order valence-corrected chi connectivity index (χ0v) is 15.6. The molecular formula is C19H21N5O4. The van der Waals surface area contributed by atoms with E-state index in [0.717, 1.165) is 5.69 Å². The Labute approximate surface area is 162 Å². The lowest BCUT2D eigenvalue weighted by molar-refractivity contribution is -0.130. The molecule has 2 aliphatic rings. The van der Waals surface area contributed by atoms with Gasteiger partial charge in [-0.2, -0.15) is 0 Å². The molecule has 2 aromatic rings. The van der Waals surface area contributed by atoms with Crippen LogP contribution in [0.2, 0.25) is 0 Å². The van der Waals surface area contributed by atoms with E-state index < -0.39 is 0 Å². The van der Waals surface area contributed by atoms with Gasteiger partial charge in [0.25, 0.3) is 5.91 Å². The Morgan fingerprint density at radius 1 is 1.00 bits per heavy atom. The van der Waals surface area contributed by atoms with Gasteiger partial charge in [0.05, 0.1) is 0 Å². The molecular weight excluding hydrogens is 362 g/mol. The van der Waals surface area contributed by atoms with Crippen LogP contribution >= 0.6 is 0 Å². The number of aromatic nitrogens is 2. The highest BCUT2D eigenvalue weighted by molar-refractivity contribution is 5.92. The van der Waals surface area contributed by atoms with Crippen LogP contribution in [-0.4, -0.2) is 71.0 Å². The second kappa shape index (κ2) is 7.71. The number of fused-ring (bicyclic) bond motifs is 1. The highest BCUT2D eigenvalue weighted by Crippen LogP contribution is 2.33. The second-order valence-electron chi connectivity index (χ2n) is 6.55. The molecule has 9 heteroatoms. The molecule has 1 saturated heterocycles. The number of amides is 2. The first kappa shape index (κ1) is 18.0. The van der Waals surface area contributed by atoms with Crippen LogP contribution in [-0.2, 0) is 4.79 Å². The number of rotatable bonds is 3. The summed E-state index contributed by atoms with van der Waals surface area (Å²) in [4.78, 5) is 36.1. The van der Waals surface area contributed by atoms with Gasteiger partial charge in [-0.25, -0.2) is 9.97 Å². The molecule has 1 N–H and O–H groups in total. The number of nitrogens with zero attached hydrogens (tertiary/aromatic N) is 4. The minimum Gasteiger partial charge on any atom is -0.486 e. The number of anilines is 2. The molecule has 0 spiro atoms.